The fourth-order valence-electron chi connectivity index (χ4n) is 1.63. The summed E-state index contributed by atoms with van der Waals surface area (Å²) in [6.45, 7) is 7.21. The normalized spacial score (nSPS) is 9.00. The third-order valence-electron chi connectivity index (χ3n) is 3.19. The molecule has 2 atom stereocenters. The maximum atomic E-state index is 5.77. The molecule has 0 aliphatic heterocycles. The molecule has 0 aromatic carbocycles. The highest BCUT2D eigenvalue weighted by atomic mass is 16.6. The van der Waals surface area contributed by atoms with Crippen LogP contribution in [0.25, 0.3) is 0 Å². The number of hydrogen-bond donors (Lipinski definition) is 0. The predicted molar refractivity (Wildman–Crippen MR) is 167 cm³/mol. The van der Waals surface area contributed by atoms with Gasteiger partial charge in [-0.1, -0.05) is 13.0 Å². The van der Waals surface area contributed by atoms with E-state index in [9.17, 15) is 0 Å². The fraction of sp³-hybridized carbons (Fsp3) is 0.310. The van der Waals surface area contributed by atoms with E-state index >= 15 is 0 Å². The summed E-state index contributed by atoms with van der Waals surface area (Å²) in [5.41, 5.74) is 0. The van der Waals surface area contributed by atoms with Crippen molar-refractivity contribution >= 4 is 0 Å². The molecule has 2 unspecified atom stereocenters. The number of methoxy groups -OCH3 is 1. The molecule has 0 saturated carbocycles. The smallest absolute Gasteiger partial charge is 0.126 e. The van der Waals surface area contributed by atoms with Crippen molar-refractivity contribution in [2.75, 3.05) is 33.5 Å². The lowest BCUT2D eigenvalue weighted by Gasteiger charge is -2.19. The van der Waals surface area contributed by atoms with Gasteiger partial charge < -0.3 is 18.9 Å². The molecule has 0 saturated heterocycles. The van der Waals surface area contributed by atoms with Gasteiger partial charge in [0, 0.05) is 80.2 Å². The minimum atomic E-state index is -0.157. The van der Waals surface area contributed by atoms with E-state index < -0.39 is 0 Å². The molecule has 0 spiro atoms. The summed E-state index contributed by atoms with van der Waals surface area (Å²) < 4.78 is 21.7. The Bertz CT molecular complexity index is 1200. The summed E-state index contributed by atoms with van der Waals surface area (Å²) in [6.07, 6.45) is 9.62. The Morgan fingerprint density at radius 3 is 1.73 bits per heavy atom. The van der Waals surface area contributed by atoms with Gasteiger partial charge in [0.1, 0.15) is 18.8 Å². The van der Waals surface area contributed by atoms with Crippen LogP contribution in [-0.2, 0) is 18.9 Å². The van der Waals surface area contributed by atoms with E-state index in [4.69, 9.17) is 25.4 Å². The molecule has 33 heavy (non-hydrogen) atoms. The van der Waals surface area contributed by atoms with Gasteiger partial charge in [0.15, 0.2) is 0 Å². The van der Waals surface area contributed by atoms with E-state index in [1.54, 1.807) is 13.2 Å². The zero-order chi connectivity index (χ0) is 24.2. The molecule has 0 fully saturated rings. The van der Waals surface area contributed by atoms with Crippen LogP contribution in [0.1, 0.15) is 39.0 Å². The summed E-state index contributed by atoms with van der Waals surface area (Å²) in [5, 5.41) is 0. The quantitative estimate of drug-likeness (QED) is 0.209. The lowest BCUT2D eigenvalue weighted by Crippen LogP contribution is -2.29. The van der Waals surface area contributed by atoms with Crippen molar-refractivity contribution in [2.24, 2.45) is 0 Å². The van der Waals surface area contributed by atoms with Crippen LogP contribution in [0.3, 0.4) is 0 Å². The summed E-state index contributed by atoms with van der Waals surface area (Å²) in [5.74, 6) is 39.5. The first kappa shape index (κ1) is 28.5. The maximum absolute atomic E-state index is 5.77. The second-order valence-corrected chi connectivity index (χ2v) is 5.48. The molecule has 4 nitrogen and oxygen atoms in total. The first-order valence-corrected chi connectivity index (χ1v) is 9.68. The number of terminal acetylenes is 1. The van der Waals surface area contributed by atoms with Crippen LogP contribution in [0.2, 0.25) is 0 Å². The van der Waals surface area contributed by atoms with Crippen LogP contribution in [0.4, 0.5) is 0 Å². The zero-order valence-corrected chi connectivity index (χ0v) is 18.7. The highest BCUT2D eigenvalue weighted by Crippen LogP contribution is 2.02. The van der Waals surface area contributed by atoms with Gasteiger partial charge in [-0.15, -0.1) is 13.0 Å². The minimum absolute atomic E-state index is 0. The van der Waals surface area contributed by atoms with Gasteiger partial charge in [0.2, 0.25) is 0 Å². The van der Waals surface area contributed by atoms with Gasteiger partial charge in [0.05, 0.1) is 25.9 Å². The van der Waals surface area contributed by atoms with Crippen molar-refractivity contribution < 1.29 is 44.6 Å². The van der Waals surface area contributed by atoms with Crippen LogP contribution in [0.5, 0.6) is 0 Å². The zero-order valence-electron chi connectivity index (χ0n) is 18.7. The first-order valence-electron chi connectivity index (χ1n) is 9.68. The van der Waals surface area contributed by atoms with Gasteiger partial charge in [-0.2, -0.15) is 0 Å². The van der Waals surface area contributed by atoms with Gasteiger partial charge >= 0.3 is 0 Å². The highest BCUT2D eigenvalue weighted by molar-refractivity contribution is 5.46. The van der Waals surface area contributed by atoms with Gasteiger partial charge in [-0.05, 0) is 53.8 Å². The Morgan fingerprint density at radius 2 is 1.27 bits per heavy atom. The molecule has 0 aliphatic carbocycles. The van der Waals surface area contributed by atoms with E-state index in [1.807, 2.05) is 6.92 Å². The van der Waals surface area contributed by atoms with Gasteiger partial charge in [-0.25, -0.2) is 0 Å². The number of rotatable bonds is 11. The standard InChI is InChI=1S/C29H22O4.18H2/c1-5-8-9-10-11-12-13-14-15-16-17-18-19-20-21-22-24-32-25-28(7-3)33-27-29(30-4)26-31-23-6-2;;;;;;;;;;;;;;;;;;/h1,6,28-29H,2,7,23,25-27H2,3-4H3;18*1H. The minimum Gasteiger partial charge on any atom is -0.443 e. The van der Waals surface area contributed by atoms with Crippen LogP contribution in [0.15, 0.2) is 12.7 Å². The summed E-state index contributed by atoms with van der Waals surface area (Å²) in [4.78, 5) is 0. The first-order chi connectivity index (χ1) is 16.3. The summed E-state index contributed by atoms with van der Waals surface area (Å²) in [7, 11) is 1.61. The molecule has 198 valence electrons. The SMILES string of the molecule is C#CC#CC#CC#CC#CC#CC#CC#CC#COCC(CC)OCC(COCC=C)OC.[HH].[HH].[HH].[HH].[HH].[HH].[HH].[HH].[HH].[HH].[HH].[HH].[HH].[HH].[HH].[HH].[HH].[HH]. The van der Waals surface area contributed by atoms with Crippen molar-refractivity contribution in [3.8, 4) is 107 Å². The largest absolute Gasteiger partial charge is 0.443 e. The lowest BCUT2D eigenvalue weighted by molar-refractivity contribution is -0.0699. The van der Waals surface area contributed by atoms with E-state index in [0.717, 1.165) is 6.42 Å². The Labute approximate surface area is 224 Å². The number of hydrogen-bond acceptors (Lipinski definition) is 4. The molecule has 0 rings (SSSR count). The highest BCUT2D eigenvalue weighted by Gasteiger charge is 2.12. The molecule has 0 aliphatic rings. The summed E-state index contributed by atoms with van der Waals surface area (Å²) >= 11 is 0. The molecule has 0 N–H and O–H groups in total. The second kappa shape index (κ2) is 23.7. The average molecular weight is 471 g/mol. The van der Waals surface area contributed by atoms with Crippen LogP contribution in [0, 0.1) is 107 Å². The van der Waals surface area contributed by atoms with E-state index in [2.05, 4.69) is 107 Å². The van der Waals surface area contributed by atoms with Crippen LogP contribution < -0.4 is 0 Å². The van der Waals surface area contributed by atoms with E-state index in [0.29, 0.717) is 26.4 Å². The Morgan fingerprint density at radius 1 is 0.758 bits per heavy atom. The maximum Gasteiger partial charge on any atom is 0.126 e. The predicted octanol–water partition coefficient (Wildman–Crippen LogP) is 6.06. The fourth-order valence-corrected chi connectivity index (χ4v) is 1.63. The monoisotopic (exact) mass is 470 g/mol. The molecule has 4 heteroatoms. The Kier molecular flexibility index (Phi) is 20.5. The molecule has 0 amide bonds. The Hall–Kier alpha value is -4.54. The summed E-state index contributed by atoms with van der Waals surface area (Å²) in [6, 6.07) is 0. The number of ether oxygens (including phenoxy) is 4. The third kappa shape index (κ3) is 20.5. The average Bonchev–Trinajstić information content (AvgIpc) is 2.83. The van der Waals surface area contributed by atoms with E-state index in [1.165, 1.54) is 0 Å². The molecule has 0 aromatic heterocycles. The molecular formula is C29H58O4. The second-order valence-electron chi connectivity index (χ2n) is 5.48. The molecule has 0 heterocycles. The molecule has 0 bridgehead atoms. The van der Waals surface area contributed by atoms with Gasteiger partial charge in [0.25, 0.3) is 0 Å². The molecule has 0 radical (unpaired) electrons. The third-order valence-corrected chi connectivity index (χ3v) is 3.19. The molecular weight excluding hydrogens is 412 g/mol. The van der Waals surface area contributed by atoms with Crippen molar-refractivity contribution in [1.82, 2.24) is 0 Å². The van der Waals surface area contributed by atoms with Crippen molar-refractivity contribution in [3.63, 3.8) is 0 Å². The topological polar surface area (TPSA) is 36.9 Å². The van der Waals surface area contributed by atoms with Gasteiger partial charge in [-0.3, -0.25) is 0 Å². The van der Waals surface area contributed by atoms with Crippen molar-refractivity contribution in [3.05, 3.63) is 12.7 Å². The van der Waals surface area contributed by atoms with Crippen molar-refractivity contribution in [2.45, 2.75) is 25.6 Å². The Balaban J connectivity index is -0.0000000335. The van der Waals surface area contributed by atoms with Crippen molar-refractivity contribution in [1.29, 1.82) is 0 Å². The van der Waals surface area contributed by atoms with Crippen LogP contribution >= 0.6 is 0 Å². The van der Waals surface area contributed by atoms with Crippen LogP contribution in [-0.4, -0.2) is 45.7 Å². The molecule has 0 aromatic rings. The lowest BCUT2D eigenvalue weighted by atomic mass is 10.3. The van der Waals surface area contributed by atoms with E-state index in [-0.39, 0.29) is 37.9 Å².